The minimum Gasteiger partial charge on any atom is -0.451 e. The standard InChI is InChI=1S/C20H10BrClN2O2/c21-13-5-6-15(16(22)9-13)18-7-8-19(26-18)20(25)24-11-12(10-23)14-3-1-2-4-17(14)24/h1-9,11H. The number of nitriles is 1. The summed E-state index contributed by atoms with van der Waals surface area (Å²) in [5.41, 5.74) is 1.80. The Morgan fingerprint density at radius 1 is 1.15 bits per heavy atom. The molecule has 2 aromatic heterocycles. The number of nitrogens with zero attached hydrogens (tertiary/aromatic N) is 2. The number of para-hydroxylation sites is 1. The molecule has 4 rings (SSSR count). The normalized spacial score (nSPS) is 10.8. The van der Waals surface area contributed by atoms with Crippen LogP contribution in [0.25, 0.3) is 22.2 Å². The van der Waals surface area contributed by atoms with Crippen molar-refractivity contribution in [2.45, 2.75) is 0 Å². The predicted octanol–water partition coefficient (Wildman–Crippen LogP) is 5.88. The first kappa shape index (κ1) is 16.6. The number of hydrogen-bond donors (Lipinski definition) is 0. The molecule has 126 valence electrons. The van der Waals surface area contributed by atoms with Crippen molar-refractivity contribution in [3.8, 4) is 17.4 Å². The second-order valence-corrected chi connectivity index (χ2v) is 6.96. The van der Waals surface area contributed by atoms with Gasteiger partial charge in [0.2, 0.25) is 0 Å². The van der Waals surface area contributed by atoms with Gasteiger partial charge in [-0.2, -0.15) is 5.26 Å². The van der Waals surface area contributed by atoms with Gasteiger partial charge >= 0.3 is 0 Å². The third-order valence-corrected chi connectivity index (χ3v) is 4.87. The largest absolute Gasteiger partial charge is 0.451 e. The molecule has 0 N–H and O–H groups in total. The smallest absolute Gasteiger partial charge is 0.298 e. The number of benzene rings is 2. The Kier molecular flexibility index (Phi) is 4.15. The van der Waals surface area contributed by atoms with Crippen LogP contribution in [0.1, 0.15) is 16.1 Å². The molecule has 0 fully saturated rings. The summed E-state index contributed by atoms with van der Waals surface area (Å²) in [5.74, 6) is 0.328. The van der Waals surface area contributed by atoms with Crippen LogP contribution in [0, 0.1) is 11.3 Å². The summed E-state index contributed by atoms with van der Waals surface area (Å²) in [6.45, 7) is 0. The molecule has 0 radical (unpaired) electrons. The van der Waals surface area contributed by atoms with Crippen molar-refractivity contribution in [3.05, 3.63) is 81.6 Å². The molecule has 0 saturated heterocycles. The summed E-state index contributed by atoms with van der Waals surface area (Å²) < 4.78 is 8.03. The van der Waals surface area contributed by atoms with Gasteiger partial charge in [-0.15, -0.1) is 0 Å². The number of fused-ring (bicyclic) bond motifs is 1. The Hall–Kier alpha value is -2.81. The van der Waals surface area contributed by atoms with Gasteiger partial charge < -0.3 is 4.42 Å². The quantitative estimate of drug-likeness (QED) is 0.403. The molecule has 0 aliphatic heterocycles. The first-order valence-electron chi connectivity index (χ1n) is 7.68. The fourth-order valence-corrected chi connectivity index (χ4v) is 3.61. The van der Waals surface area contributed by atoms with Crippen LogP contribution in [-0.4, -0.2) is 10.5 Å². The Labute approximate surface area is 162 Å². The highest BCUT2D eigenvalue weighted by Crippen LogP contribution is 2.32. The van der Waals surface area contributed by atoms with E-state index in [-0.39, 0.29) is 11.7 Å². The monoisotopic (exact) mass is 424 g/mol. The molecule has 0 aliphatic rings. The summed E-state index contributed by atoms with van der Waals surface area (Å²) in [5, 5.41) is 10.5. The zero-order valence-corrected chi connectivity index (χ0v) is 15.6. The van der Waals surface area contributed by atoms with E-state index in [2.05, 4.69) is 22.0 Å². The maximum Gasteiger partial charge on any atom is 0.298 e. The van der Waals surface area contributed by atoms with E-state index in [0.717, 1.165) is 9.86 Å². The van der Waals surface area contributed by atoms with Gasteiger partial charge in [0.25, 0.3) is 5.91 Å². The number of hydrogen-bond acceptors (Lipinski definition) is 3. The van der Waals surface area contributed by atoms with Gasteiger partial charge in [0.15, 0.2) is 5.76 Å². The zero-order chi connectivity index (χ0) is 18.3. The van der Waals surface area contributed by atoms with Crippen molar-refractivity contribution < 1.29 is 9.21 Å². The first-order valence-corrected chi connectivity index (χ1v) is 8.86. The highest BCUT2D eigenvalue weighted by atomic mass is 79.9. The summed E-state index contributed by atoms with van der Waals surface area (Å²) >= 11 is 9.62. The van der Waals surface area contributed by atoms with Gasteiger partial charge in [0, 0.05) is 21.6 Å². The number of carbonyl (C=O) groups excluding carboxylic acids is 1. The molecule has 0 spiro atoms. The van der Waals surface area contributed by atoms with Crippen LogP contribution in [0.2, 0.25) is 5.02 Å². The van der Waals surface area contributed by atoms with Gasteiger partial charge in [0.1, 0.15) is 11.8 Å². The van der Waals surface area contributed by atoms with E-state index >= 15 is 0 Å². The molecule has 4 nitrogen and oxygen atoms in total. The van der Waals surface area contributed by atoms with Crippen molar-refractivity contribution >= 4 is 44.3 Å². The van der Waals surface area contributed by atoms with Gasteiger partial charge in [-0.05, 0) is 36.4 Å². The Morgan fingerprint density at radius 3 is 2.73 bits per heavy atom. The van der Waals surface area contributed by atoms with Crippen molar-refractivity contribution in [1.29, 1.82) is 5.26 Å². The molecule has 26 heavy (non-hydrogen) atoms. The minimum absolute atomic E-state index is 0.171. The lowest BCUT2D eigenvalue weighted by Gasteiger charge is -2.03. The van der Waals surface area contributed by atoms with Crippen molar-refractivity contribution in [1.82, 2.24) is 4.57 Å². The molecule has 2 aromatic carbocycles. The van der Waals surface area contributed by atoms with E-state index in [4.69, 9.17) is 16.0 Å². The lowest BCUT2D eigenvalue weighted by atomic mass is 10.2. The van der Waals surface area contributed by atoms with Crippen LogP contribution in [0.3, 0.4) is 0 Å². The molecule has 0 aliphatic carbocycles. The molecule has 0 saturated carbocycles. The lowest BCUT2D eigenvalue weighted by Crippen LogP contribution is -2.09. The fraction of sp³-hybridized carbons (Fsp3) is 0. The SMILES string of the molecule is N#Cc1cn(C(=O)c2ccc(-c3ccc(Br)cc3Cl)o2)c2ccccc12. The van der Waals surface area contributed by atoms with Crippen molar-refractivity contribution in [2.24, 2.45) is 0 Å². The number of halogens is 2. The van der Waals surface area contributed by atoms with Crippen molar-refractivity contribution in [2.75, 3.05) is 0 Å². The third kappa shape index (κ3) is 2.74. The van der Waals surface area contributed by atoms with Gasteiger partial charge in [-0.3, -0.25) is 9.36 Å². The van der Waals surface area contributed by atoms with E-state index in [1.165, 1.54) is 10.8 Å². The van der Waals surface area contributed by atoms with E-state index in [0.29, 0.717) is 27.4 Å². The molecule has 2 heterocycles. The van der Waals surface area contributed by atoms with E-state index < -0.39 is 0 Å². The van der Waals surface area contributed by atoms with Crippen LogP contribution >= 0.6 is 27.5 Å². The van der Waals surface area contributed by atoms with E-state index in [1.807, 2.05) is 30.3 Å². The number of aromatic nitrogens is 1. The van der Waals surface area contributed by atoms with Crippen LogP contribution in [0.15, 0.2) is 69.7 Å². The minimum atomic E-state index is -0.345. The predicted molar refractivity (Wildman–Crippen MR) is 103 cm³/mol. The molecule has 4 aromatic rings. The van der Waals surface area contributed by atoms with Crippen molar-refractivity contribution in [3.63, 3.8) is 0 Å². The van der Waals surface area contributed by atoms with Crippen LogP contribution in [0.4, 0.5) is 0 Å². The highest BCUT2D eigenvalue weighted by molar-refractivity contribution is 9.10. The Balaban J connectivity index is 1.77. The van der Waals surface area contributed by atoms with Gasteiger partial charge in [-0.1, -0.05) is 45.7 Å². The zero-order valence-electron chi connectivity index (χ0n) is 13.2. The third-order valence-electron chi connectivity index (χ3n) is 4.06. The molecule has 0 amide bonds. The van der Waals surface area contributed by atoms with Crippen LogP contribution in [-0.2, 0) is 0 Å². The molecule has 6 heteroatoms. The lowest BCUT2D eigenvalue weighted by molar-refractivity contribution is 0.0938. The summed E-state index contributed by atoms with van der Waals surface area (Å²) in [6.07, 6.45) is 1.53. The Morgan fingerprint density at radius 2 is 1.96 bits per heavy atom. The molecule has 0 bridgehead atoms. The second-order valence-electron chi connectivity index (χ2n) is 5.63. The maximum absolute atomic E-state index is 12.9. The van der Waals surface area contributed by atoms with Crippen LogP contribution < -0.4 is 0 Å². The summed E-state index contributed by atoms with van der Waals surface area (Å²) in [4.78, 5) is 12.9. The average molecular weight is 426 g/mol. The van der Waals surface area contributed by atoms with E-state index in [1.54, 1.807) is 24.3 Å². The summed E-state index contributed by atoms with van der Waals surface area (Å²) in [6, 6.07) is 18.1. The topological polar surface area (TPSA) is 58.9 Å². The van der Waals surface area contributed by atoms with E-state index in [9.17, 15) is 10.1 Å². The number of carbonyl (C=O) groups is 1. The Bertz CT molecular complexity index is 1200. The number of rotatable bonds is 2. The van der Waals surface area contributed by atoms with Gasteiger partial charge in [0.05, 0.1) is 16.1 Å². The summed E-state index contributed by atoms with van der Waals surface area (Å²) in [7, 11) is 0. The molecular formula is C20H10BrClN2O2. The van der Waals surface area contributed by atoms with Gasteiger partial charge in [-0.25, -0.2) is 0 Å². The fourth-order valence-electron chi connectivity index (χ4n) is 2.84. The molecular weight excluding hydrogens is 416 g/mol. The molecule has 0 unspecified atom stereocenters. The average Bonchev–Trinajstić information content (AvgIpc) is 3.26. The first-order chi connectivity index (χ1) is 12.6. The molecule has 0 atom stereocenters. The highest BCUT2D eigenvalue weighted by Gasteiger charge is 2.19. The second kappa shape index (κ2) is 6.49. The number of furan rings is 1. The maximum atomic E-state index is 12.9. The van der Waals surface area contributed by atoms with Crippen LogP contribution in [0.5, 0.6) is 0 Å².